The van der Waals surface area contributed by atoms with E-state index >= 15 is 0 Å². The minimum absolute atomic E-state index is 0.424. The van der Waals surface area contributed by atoms with Crippen molar-refractivity contribution in [2.75, 3.05) is 18.0 Å². The molecule has 0 radical (unpaired) electrons. The molecule has 1 aliphatic heterocycles. The van der Waals surface area contributed by atoms with Gasteiger partial charge in [-0.05, 0) is 44.4 Å². The zero-order valence-electron chi connectivity index (χ0n) is 10.6. The molecule has 1 saturated carbocycles. The molecular formula is C14H19N3O. The van der Waals surface area contributed by atoms with Crippen molar-refractivity contribution < 1.29 is 5.11 Å². The molecule has 0 aromatic carbocycles. The first-order valence-corrected chi connectivity index (χ1v) is 7.06. The number of β-amino-alcohol motifs (C(OH)–C–C–N with tert-alkyl or cyclic N) is 1. The molecule has 96 valence electrons. The highest BCUT2D eigenvalue weighted by Gasteiger charge is 2.52. The maximum absolute atomic E-state index is 10.4. The summed E-state index contributed by atoms with van der Waals surface area (Å²) >= 11 is 0. The topological polar surface area (TPSA) is 49.2 Å². The van der Waals surface area contributed by atoms with Crippen LogP contribution in [0.15, 0.2) is 6.33 Å². The second kappa shape index (κ2) is 3.67. The Hall–Kier alpha value is -1.16. The largest absolute Gasteiger partial charge is 0.386 e. The summed E-state index contributed by atoms with van der Waals surface area (Å²) < 4.78 is 0. The van der Waals surface area contributed by atoms with E-state index in [2.05, 4.69) is 14.9 Å². The molecule has 2 fully saturated rings. The monoisotopic (exact) mass is 245 g/mol. The lowest BCUT2D eigenvalue weighted by atomic mass is 9.87. The van der Waals surface area contributed by atoms with Crippen LogP contribution in [0.25, 0.3) is 0 Å². The summed E-state index contributed by atoms with van der Waals surface area (Å²) in [5.74, 6) is 1.64. The third kappa shape index (κ3) is 1.55. The van der Waals surface area contributed by atoms with Crippen LogP contribution in [0.3, 0.4) is 0 Å². The maximum Gasteiger partial charge on any atom is 0.135 e. The van der Waals surface area contributed by atoms with Gasteiger partial charge in [0.2, 0.25) is 0 Å². The van der Waals surface area contributed by atoms with Crippen molar-refractivity contribution >= 4 is 5.82 Å². The Morgan fingerprint density at radius 1 is 1.17 bits per heavy atom. The van der Waals surface area contributed by atoms with Crippen LogP contribution >= 0.6 is 0 Å². The summed E-state index contributed by atoms with van der Waals surface area (Å²) in [7, 11) is 0. The average molecular weight is 245 g/mol. The highest BCUT2D eigenvalue weighted by molar-refractivity contribution is 5.53. The van der Waals surface area contributed by atoms with Crippen molar-refractivity contribution in [3.05, 3.63) is 17.6 Å². The van der Waals surface area contributed by atoms with Gasteiger partial charge in [-0.1, -0.05) is 0 Å². The van der Waals surface area contributed by atoms with E-state index in [0.29, 0.717) is 5.92 Å². The fraction of sp³-hybridized carbons (Fsp3) is 0.714. The molecular weight excluding hydrogens is 226 g/mol. The van der Waals surface area contributed by atoms with Crippen LogP contribution in [0.1, 0.15) is 36.9 Å². The molecule has 2 heterocycles. The minimum Gasteiger partial charge on any atom is -0.386 e. The molecule has 0 bridgehead atoms. The molecule has 3 aliphatic rings. The van der Waals surface area contributed by atoms with Gasteiger partial charge in [0, 0.05) is 11.3 Å². The quantitative estimate of drug-likeness (QED) is 0.853. The van der Waals surface area contributed by atoms with Crippen molar-refractivity contribution in [2.45, 2.75) is 44.1 Å². The maximum atomic E-state index is 10.4. The number of hydrogen-bond acceptors (Lipinski definition) is 4. The Labute approximate surface area is 107 Å². The van der Waals surface area contributed by atoms with E-state index in [4.69, 9.17) is 0 Å². The van der Waals surface area contributed by atoms with Crippen LogP contribution in [0, 0.1) is 5.92 Å². The lowest BCUT2D eigenvalue weighted by Gasteiger charge is -2.48. The van der Waals surface area contributed by atoms with Crippen molar-refractivity contribution in [2.24, 2.45) is 5.92 Å². The molecule has 18 heavy (non-hydrogen) atoms. The van der Waals surface area contributed by atoms with E-state index in [1.807, 2.05) is 0 Å². The molecule has 0 spiro atoms. The van der Waals surface area contributed by atoms with E-state index in [-0.39, 0.29) is 0 Å². The van der Waals surface area contributed by atoms with Gasteiger partial charge in [-0.15, -0.1) is 0 Å². The number of aryl methyl sites for hydroxylation is 1. The molecule has 2 aliphatic carbocycles. The molecule has 0 amide bonds. The van der Waals surface area contributed by atoms with Gasteiger partial charge >= 0.3 is 0 Å². The summed E-state index contributed by atoms with van der Waals surface area (Å²) in [6.07, 6.45) is 8.77. The summed E-state index contributed by atoms with van der Waals surface area (Å²) in [6, 6.07) is 0. The van der Waals surface area contributed by atoms with Gasteiger partial charge in [0.15, 0.2) is 0 Å². The molecule has 1 saturated heterocycles. The number of anilines is 1. The summed E-state index contributed by atoms with van der Waals surface area (Å²) in [4.78, 5) is 11.1. The second-order valence-corrected chi connectivity index (χ2v) is 6.06. The third-order valence-electron chi connectivity index (χ3n) is 4.67. The van der Waals surface area contributed by atoms with E-state index in [1.54, 1.807) is 6.33 Å². The molecule has 1 aromatic rings. The predicted octanol–water partition coefficient (Wildman–Crippen LogP) is 1.32. The number of rotatable bonds is 2. The molecule has 0 atom stereocenters. The van der Waals surface area contributed by atoms with Gasteiger partial charge < -0.3 is 10.0 Å². The fourth-order valence-corrected chi connectivity index (χ4v) is 3.42. The Bertz CT molecular complexity index is 478. The lowest BCUT2D eigenvalue weighted by molar-refractivity contribution is -0.00986. The smallest absolute Gasteiger partial charge is 0.135 e. The van der Waals surface area contributed by atoms with Gasteiger partial charge in [-0.3, -0.25) is 0 Å². The van der Waals surface area contributed by atoms with Gasteiger partial charge in [0.05, 0.1) is 13.1 Å². The molecule has 0 unspecified atom stereocenters. The Morgan fingerprint density at radius 2 is 1.94 bits per heavy atom. The van der Waals surface area contributed by atoms with Crippen LogP contribution < -0.4 is 4.90 Å². The molecule has 4 nitrogen and oxygen atoms in total. The van der Waals surface area contributed by atoms with E-state index < -0.39 is 5.60 Å². The number of fused-ring (bicyclic) bond motifs is 1. The molecule has 1 aromatic heterocycles. The van der Waals surface area contributed by atoms with Gasteiger partial charge in [0.25, 0.3) is 0 Å². The van der Waals surface area contributed by atoms with Gasteiger partial charge in [-0.2, -0.15) is 0 Å². The second-order valence-electron chi connectivity index (χ2n) is 6.06. The van der Waals surface area contributed by atoms with Crippen LogP contribution in [-0.4, -0.2) is 33.8 Å². The van der Waals surface area contributed by atoms with Crippen molar-refractivity contribution in [3.63, 3.8) is 0 Å². The number of nitrogens with zero attached hydrogens (tertiary/aromatic N) is 3. The standard InChI is InChI=1S/C14H19N3O/c18-14(10-5-6-10)7-17(8-14)13-11-3-1-2-4-12(11)15-9-16-13/h9-10,18H,1-8H2. The Morgan fingerprint density at radius 3 is 2.72 bits per heavy atom. The highest BCUT2D eigenvalue weighted by Crippen LogP contribution is 2.46. The van der Waals surface area contributed by atoms with E-state index in [0.717, 1.165) is 31.7 Å². The summed E-state index contributed by atoms with van der Waals surface area (Å²) in [5.41, 5.74) is 2.14. The number of hydrogen-bond donors (Lipinski definition) is 1. The van der Waals surface area contributed by atoms with E-state index in [9.17, 15) is 5.11 Å². The zero-order valence-corrected chi connectivity index (χ0v) is 10.6. The van der Waals surface area contributed by atoms with Crippen molar-refractivity contribution in [1.29, 1.82) is 0 Å². The third-order valence-corrected chi connectivity index (χ3v) is 4.67. The zero-order chi connectivity index (χ0) is 12.2. The van der Waals surface area contributed by atoms with Crippen LogP contribution in [0.2, 0.25) is 0 Å². The van der Waals surface area contributed by atoms with Gasteiger partial charge in [0.1, 0.15) is 17.7 Å². The van der Waals surface area contributed by atoms with Gasteiger partial charge in [-0.25, -0.2) is 9.97 Å². The SMILES string of the molecule is OC1(C2CC2)CN(c2ncnc3c2CCCC3)C1. The number of aliphatic hydroxyl groups is 1. The lowest BCUT2D eigenvalue weighted by Crippen LogP contribution is -2.63. The molecule has 1 N–H and O–H groups in total. The average Bonchev–Trinajstić information content (AvgIpc) is 3.19. The normalized spacial score (nSPS) is 25.5. The predicted molar refractivity (Wildman–Crippen MR) is 68.6 cm³/mol. The first-order chi connectivity index (χ1) is 8.76. The van der Waals surface area contributed by atoms with Crippen molar-refractivity contribution in [3.8, 4) is 0 Å². The molecule has 4 heteroatoms. The number of aromatic nitrogens is 2. The summed E-state index contributed by atoms with van der Waals surface area (Å²) in [5, 5.41) is 10.4. The Balaban J connectivity index is 1.59. The first-order valence-electron chi connectivity index (χ1n) is 7.06. The van der Waals surface area contributed by atoms with E-state index in [1.165, 1.54) is 36.9 Å². The van der Waals surface area contributed by atoms with Crippen LogP contribution in [-0.2, 0) is 12.8 Å². The van der Waals surface area contributed by atoms with Crippen LogP contribution in [0.4, 0.5) is 5.82 Å². The summed E-state index contributed by atoms with van der Waals surface area (Å²) in [6.45, 7) is 1.53. The highest BCUT2D eigenvalue weighted by atomic mass is 16.3. The first kappa shape index (κ1) is 10.7. The molecule has 4 rings (SSSR count). The fourth-order valence-electron chi connectivity index (χ4n) is 3.42. The minimum atomic E-state index is -0.424. The van der Waals surface area contributed by atoms with Crippen LogP contribution in [0.5, 0.6) is 0 Å². The Kier molecular flexibility index (Phi) is 2.19. The van der Waals surface area contributed by atoms with Crippen molar-refractivity contribution in [1.82, 2.24) is 9.97 Å².